The van der Waals surface area contributed by atoms with Gasteiger partial charge in [0.15, 0.2) is 6.61 Å². The molecule has 0 bridgehead atoms. The number of carbonyl (C=O) groups is 2. The molecule has 9 heteroatoms. The zero-order chi connectivity index (χ0) is 20.0. The van der Waals surface area contributed by atoms with Crippen molar-refractivity contribution >= 4 is 29.2 Å². The van der Waals surface area contributed by atoms with Crippen LogP contribution in [0, 0.1) is 0 Å². The number of nitrogens with one attached hydrogen (secondary N) is 1. The predicted octanol–water partition coefficient (Wildman–Crippen LogP) is 4.55. The van der Waals surface area contributed by atoms with Crippen molar-refractivity contribution in [1.82, 2.24) is 0 Å². The molecule has 0 aliphatic rings. The van der Waals surface area contributed by atoms with Gasteiger partial charge in [-0.15, -0.1) is 0 Å². The Labute approximate surface area is 158 Å². The van der Waals surface area contributed by atoms with Crippen molar-refractivity contribution in [2.75, 3.05) is 18.5 Å². The van der Waals surface area contributed by atoms with Gasteiger partial charge in [0.2, 0.25) is 0 Å². The van der Waals surface area contributed by atoms with E-state index in [0.717, 1.165) is 18.2 Å². The lowest BCUT2D eigenvalue weighted by atomic mass is 10.2. The molecule has 0 atom stereocenters. The zero-order valence-corrected chi connectivity index (χ0v) is 14.9. The van der Waals surface area contributed by atoms with Crippen molar-refractivity contribution < 1.29 is 32.2 Å². The molecular formula is C18H15ClF3NO4. The standard InChI is InChI=1S/C18H15ClF3NO4/c1-2-26-17(25)11-3-6-13(7-4-11)27-10-16(24)23-15-9-12(18(20,21)22)5-8-14(15)19/h3-9H,2,10H2,1H3,(H,23,24). The Morgan fingerprint density at radius 2 is 1.78 bits per heavy atom. The number of hydrogen-bond acceptors (Lipinski definition) is 4. The Balaban J connectivity index is 1.96. The van der Waals surface area contributed by atoms with Crippen LogP contribution in [-0.2, 0) is 15.7 Å². The number of anilines is 1. The van der Waals surface area contributed by atoms with E-state index in [2.05, 4.69) is 5.32 Å². The first-order valence-electron chi connectivity index (χ1n) is 7.77. The fourth-order valence-electron chi connectivity index (χ4n) is 2.03. The van der Waals surface area contributed by atoms with E-state index in [9.17, 15) is 22.8 Å². The lowest BCUT2D eigenvalue weighted by molar-refractivity contribution is -0.137. The Morgan fingerprint density at radius 3 is 2.37 bits per heavy atom. The summed E-state index contributed by atoms with van der Waals surface area (Å²) in [5, 5.41) is 2.24. The first kappa shape index (κ1) is 20.6. The number of halogens is 4. The smallest absolute Gasteiger partial charge is 0.416 e. The molecule has 27 heavy (non-hydrogen) atoms. The van der Waals surface area contributed by atoms with Gasteiger partial charge in [0.1, 0.15) is 5.75 Å². The van der Waals surface area contributed by atoms with E-state index in [0.29, 0.717) is 11.3 Å². The normalized spacial score (nSPS) is 11.0. The predicted molar refractivity (Wildman–Crippen MR) is 93.0 cm³/mol. The molecule has 0 fully saturated rings. The van der Waals surface area contributed by atoms with Crippen LogP contribution in [0.1, 0.15) is 22.8 Å². The fraction of sp³-hybridized carbons (Fsp3) is 0.222. The number of ether oxygens (including phenoxy) is 2. The molecule has 0 heterocycles. The first-order valence-corrected chi connectivity index (χ1v) is 8.15. The van der Waals surface area contributed by atoms with E-state index < -0.39 is 30.2 Å². The SMILES string of the molecule is CCOC(=O)c1ccc(OCC(=O)Nc2cc(C(F)(F)F)ccc2Cl)cc1. The van der Waals surface area contributed by atoms with Crippen LogP contribution in [0.5, 0.6) is 5.75 Å². The number of carbonyl (C=O) groups excluding carboxylic acids is 2. The highest BCUT2D eigenvalue weighted by Gasteiger charge is 2.31. The molecule has 2 rings (SSSR count). The molecule has 2 aromatic rings. The van der Waals surface area contributed by atoms with Crippen molar-refractivity contribution in [3.05, 3.63) is 58.6 Å². The molecule has 1 N–H and O–H groups in total. The zero-order valence-electron chi connectivity index (χ0n) is 14.1. The summed E-state index contributed by atoms with van der Waals surface area (Å²) in [5.41, 5.74) is -0.778. The molecule has 1 amide bonds. The molecule has 0 saturated heterocycles. The monoisotopic (exact) mass is 401 g/mol. The van der Waals surface area contributed by atoms with Gasteiger partial charge >= 0.3 is 12.1 Å². The second-order valence-corrected chi connectivity index (χ2v) is 5.68. The van der Waals surface area contributed by atoms with Crippen molar-refractivity contribution in [2.24, 2.45) is 0 Å². The number of esters is 1. The van der Waals surface area contributed by atoms with Crippen molar-refractivity contribution in [1.29, 1.82) is 0 Å². The van der Waals surface area contributed by atoms with Gasteiger partial charge in [-0.2, -0.15) is 13.2 Å². The molecule has 0 saturated carbocycles. The van der Waals surface area contributed by atoms with E-state index in [4.69, 9.17) is 21.1 Å². The molecule has 144 valence electrons. The minimum Gasteiger partial charge on any atom is -0.484 e. The molecule has 0 aliphatic heterocycles. The van der Waals surface area contributed by atoms with Crippen molar-refractivity contribution in [2.45, 2.75) is 13.1 Å². The van der Waals surface area contributed by atoms with E-state index in [1.165, 1.54) is 24.3 Å². The number of rotatable bonds is 6. The molecule has 0 aliphatic carbocycles. The number of alkyl halides is 3. The number of benzene rings is 2. The maximum Gasteiger partial charge on any atom is 0.416 e. The summed E-state index contributed by atoms with van der Waals surface area (Å²) >= 11 is 5.81. The fourth-order valence-corrected chi connectivity index (χ4v) is 2.20. The minimum absolute atomic E-state index is 0.0323. The van der Waals surface area contributed by atoms with E-state index in [1.54, 1.807) is 6.92 Å². The van der Waals surface area contributed by atoms with Crippen LogP contribution in [-0.4, -0.2) is 25.1 Å². The molecule has 0 unspecified atom stereocenters. The molecule has 5 nitrogen and oxygen atoms in total. The summed E-state index contributed by atoms with van der Waals surface area (Å²) in [6.45, 7) is 1.48. The van der Waals surface area contributed by atoms with Gasteiger partial charge in [0.25, 0.3) is 5.91 Å². The Kier molecular flexibility index (Phi) is 6.68. The van der Waals surface area contributed by atoms with Crippen LogP contribution in [0.3, 0.4) is 0 Å². The maximum atomic E-state index is 12.7. The Hall–Kier alpha value is -2.74. The third-order valence-electron chi connectivity index (χ3n) is 3.30. The van der Waals surface area contributed by atoms with E-state index >= 15 is 0 Å². The van der Waals surface area contributed by atoms with Gasteiger partial charge in [0, 0.05) is 0 Å². The summed E-state index contributed by atoms with van der Waals surface area (Å²) in [6.07, 6.45) is -4.55. The van der Waals surface area contributed by atoms with Gasteiger partial charge in [-0.1, -0.05) is 11.6 Å². The van der Waals surface area contributed by atoms with Gasteiger partial charge in [-0.25, -0.2) is 4.79 Å². The van der Waals surface area contributed by atoms with E-state index in [1.807, 2.05) is 0 Å². The lowest BCUT2D eigenvalue weighted by Crippen LogP contribution is -2.20. The van der Waals surface area contributed by atoms with Crippen LogP contribution in [0.4, 0.5) is 18.9 Å². The highest BCUT2D eigenvalue weighted by atomic mass is 35.5. The minimum atomic E-state index is -4.55. The van der Waals surface area contributed by atoms with Crippen LogP contribution >= 0.6 is 11.6 Å². The van der Waals surface area contributed by atoms with E-state index in [-0.39, 0.29) is 17.3 Å². The highest BCUT2D eigenvalue weighted by molar-refractivity contribution is 6.33. The van der Waals surface area contributed by atoms with Crippen LogP contribution < -0.4 is 10.1 Å². The average molecular weight is 402 g/mol. The average Bonchev–Trinajstić information content (AvgIpc) is 2.61. The summed E-state index contributed by atoms with van der Waals surface area (Å²) in [6, 6.07) is 8.49. The molecule has 0 spiro atoms. The quantitative estimate of drug-likeness (QED) is 0.721. The summed E-state index contributed by atoms with van der Waals surface area (Å²) < 4.78 is 48.3. The Bertz CT molecular complexity index is 822. The molecule has 0 aromatic heterocycles. The molecular weight excluding hydrogens is 387 g/mol. The summed E-state index contributed by atoms with van der Waals surface area (Å²) in [4.78, 5) is 23.4. The number of amides is 1. The third-order valence-corrected chi connectivity index (χ3v) is 3.63. The topological polar surface area (TPSA) is 64.6 Å². The summed E-state index contributed by atoms with van der Waals surface area (Å²) in [7, 11) is 0. The largest absolute Gasteiger partial charge is 0.484 e. The third kappa shape index (κ3) is 5.89. The number of hydrogen-bond donors (Lipinski definition) is 1. The van der Waals surface area contributed by atoms with Gasteiger partial charge in [-0.05, 0) is 49.4 Å². The maximum absolute atomic E-state index is 12.7. The second kappa shape index (κ2) is 8.77. The lowest BCUT2D eigenvalue weighted by Gasteiger charge is -2.12. The van der Waals surface area contributed by atoms with Gasteiger partial charge in [0.05, 0.1) is 28.4 Å². The van der Waals surface area contributed by atoms with Crippen LogP contribution in [0.15, 0.2) is 42.5 Å². The molecule has 2 aromatic carbocycles. The molecule has 0 radical (unpaired) electrons. The van der Waals surface area contributed by atoms with Crippen LogP contribution in [0.2, 0.25) is 5.02 Å². The second-order valence-electron chi connectivity index (χ2n) is 5.27. The van der Waals surface area contributed by atoms with Crippen molar-refractivity contribution in [3.63, 3.8) is 0 Å². The first-order chi connectivity index (χ1) is 12.7. The highest BCUT2D eigenvalue weighted by Crippen LogP contribution is 2.33. The Morgan fingerprint density at radius 1 is 1.11 bits per heavy atom. The van der Waals surface area contributed by atoms with Gasteiger partial charge < -0.3 is 14.8 Å². The van der Waals surface area contributed by atoms with Gasteiger partial charge in [-0.3, -0.25) is 4.79 Å². The van der Waals surface area contributed by atoms with Crippen molar-refractivity contribution in [3.8, 4) is 5.75 Å². The van der Waals surface area contributed by atoms with Crippen LogP contribution in [0.25, 0.3) is 0 Å². The summed E-state index contributed by atoms with van der Waals surface area (Å²) in [5.74, 6) is -0.875.